The van der Waals surface area contributed by atoms with Crippen LogP contribution in [-0.4, -0.2) is 48.8 Å². The number of halogens is 1. The maximum atomic E-state index is 12.8. The molecule has 0 radical (unpaired) electrons. The van der Waals surface area contributed by atoms with Crippen LogP contribution in [0.15, 0.2) is 59.7 Å². The van der Waals surface area contributed by atoms with E-state index in [1.807, 2.05) is 31.2 Å². The lowest BCUT2D eigenvalue weighted by Gasteiger charge is -2.26. The Balaban J connectivity index is 1.59. The van der Waals surface area contributed by atoms with Crippen LogP contribution in [0.3, 0.4) is 0 Å². The quantitative estimate of drug-likeness (QED) is 0.257. The number of hydrogen-bond donors (Lipinski definition) is 3. The van der Waals surface area contributed by atoms with Gasteiger partial charge in [-0.3, -0.25) is 14.5 Å². The monoisotopic (exact) mass is 511 g/mol. The molecular weight excluding hydrogens is 478 g/mol. The molecule has 1 aliphatic heterocycles. The van der Waals surface area contributed by atoms with Gasteiger partial charge in [0.1, 0.15) is 5.75 Å². The van der Waals surface area contributed by atoms with Crippen molar-refractivity contribution in [3.63, 3.8) is 0 Å². The fourth-order valence-corrected chi connectivity index (χ4v) is 3.79. The number of ether oxygens (including phenoxy) is 1. The van der Waals surface area contributed by atoms with E-state index in [1.54, 1.807) is 30.4 Å². The molecule has 0 spiro atoms. The third-order valence-corrected chi connectivity index (χ3v) is 5.60. The Labute approximate surface area is 217 Å². The molecule has 192 valence electrons. The second-order valence-electron chi connectivity index (χ2n) is 9.00. The fraction of sp³-hybridized carbons (Fsp3) is 0.370. The van der Waals surface area contributed by atoms with E-state index in [0.717, 1.165) is 23.4 Å². The second kappa shape index (κ2) is 13.7. The molecule has 1 fully saturated rings. The minimum atomic E-state index is -0.263. The first kappa shape index (κ1) is 27.2. The van der Waals surface area contributed by atoms with Crippen molar-refractivity contribution >= 4 is 29.3 Å². The van der Waals surface area contributed by atoms with Crippen LogP contribution in [0.25, 0.3) is 0 Å². The summed E-state index contributed by atoms with van der Waals surface area (Å²) in [7, 11) is 0. The molecule has 3 rings (SSSR count). The average molecular weight is 512 g/mol. The lowest BCUT2D eigenvalue weighted by molar-refractivity contribution is -0.124. The molecule has 0 unspecified atom stereocenters. The average Bonchev–Trinajstić information content (AvgIpc) is 2.84. The van der Waals surface area contributed by atoms with Gasteiger partial charge in [0.15, 0.2) is 5.84 Å². The van der Waals surface area contributed by atoms with E-state index in [0.29, 0.717) is 55.1 Å². The maximum Gasteiger partial charge on any atom is 0.256 e. The highest BCUT2D eigenvalue weighted by Crippen LogP contribution is 2.23. The minimum Gasteiger partial charge on any atom is -0.493 e. The first-order chi connectivity index (χ1) is 17.3. The zero-order valence-corrected chi connectivity index (χ0v) is 21.8. The van der Waals surface area contributed by atoms with Crippen LogP contribution in [-0.2, 0) is 17.9 Å². The third-order valence-electron chi connectivity index (χ3n) is 5.37. The van der Waals surface area contributed by atoms with Crippen molar-refractivity contribution in [1.82, 2.24) is 21.0 Å². The molecule has 1 heterocycles. The van der Waals surface area contributed by atoms with Crippen molar-refractivity contribution in [2.24, 2.45) is 11.0 Å². The van der Waals surface area contributed by atoms with Crippen LogP contribution < -0.4 is 20.8 Å². The Morgan fingerprint density at radius 3 is 2.72 bits per heavy atom. The van der Waals surface area contributed by atoms with E-state index < -0.39 is 0 Å². The lowest BCUT2D eigenvalue weighted by atomic mass is 10.1. The highest BCUT2D eigenvalue weighted by atomic mass is 35.5. The molecule has 2 amide bonds. The van der Waals surface area contributed by atoms with E-state index >= 15 is 0 Å². The Bertz CT molecular complexity index is 1100. The summed E-state index contributed by atoms with van der Waals surface area (Å²) in [6.45, 7) is 9.54. The molecule has 3 N–H and O–H groups in total. The molecule has 2 aromatic rings. The molecule has 0 bridgehead atoms. The van der Waals surface area contributed by atoms with Gasteiger partial charge in [-0.05, 0) is 54.8 Å². The highest BCUT2D eigenvalue weighted by molar-refractivity contribution is 6.30. The van der Waals surface area contributed by atoms with Gasteiger partial charge in [-0.2, -0.15) is 5.10 Å². The van der Waals surface area contributed by atoms with Crippen molar-refractivity contribution < 1.29 is 14.3 Å². The van der Waals surface area contributed by atoms with Gasteiger partial charge in [0.25, 0.3) is 5.91 Å². The van der Waals surface area contributed by atoms with Gasteiger partial charge >= 0.3 is 0 Å². The first-order valence-electron chi connectivity index (χ1n) is 12.1. The zero-order chi connectivity index (χ0) is 25.9. The third kappa shape index (κ3) is 8.70. The van der Waals surface area contributed by atoms with Crippen LogP contribution in [0.4, 0.5) is 0 Å². The molecule has 0 atom stereocenters. The standard InChI is InChI=1S/C27H34ClN5O3/c1-4-5-25(32-30-15-22-14-23(28)10-11-24(22)36-18-19(2)3)31-27(35)21-8-6-20(7-9-21)16-33-13-12-29-26(34)17-33/h4-11,14,19,30H,12-13,15-18H2,1-3H3,(H,29,34)(H,31,32,35)/b5-4+. The van der Waals surface area contributed by atoms with E-state index in [4.69, 9.17) is 16.3 Å². The summed E-state index contributed by atoms with van der Waals surface area (Å²) in [6, 6.07) is 12.9. The number of hydrogen-bond acceptors (Lipinski definition) is 6. The molecular formula is C27H34ClN5O3. The summed E-state index contributed by atoms with van der Waals surface area (Å²) in [4.78, 5) is 26.4. The maximum absolute atomic E-state index is 12.8. The summed E-state index contributed by atoms with van der Waals surface area (Å²) in [5, 5.41) is 10.6. The largest absolute Gasteiger partial charge is 0.493 e. The van der Waals surface area contributed by atoms with Crippen molar-refractivity contribution in [3.05, 3.63) is 76.3 Å². The summed E-state index contributed by atoms with van der Waals surface area (Å²) < 4.78 is 5.89. The summed E-state index contributed by atoms with van der Waals surface area (Å²) in [5.41, 5.74) is 5.44. The predicted octanol–water partition coefficient (Wildman–Crippen LogP) is 3.72. The fourth-order valence-electron chi connectivity index (χ4n) is 3.59. The molecule has 2 aromatic carbocycles. The zero-order valence-electron chi connectivity index (χ0n) is 21.0. The van der Waals surface area contributed by atoms with Crippen LogP contribution in [0.2, 0.25) is 5.02 Å². The highest BCUT2D eigenvalue weighted by Gasteiger charge is 2.16. The number of carbonyl (C=O) groups is 2. The first-order valence-corrected chi connectivity index (χ1v) is 12.5. The molecule has 1 aliphatic rings. The Morgan fingerprint density at radius 1 is 1.25 bits per heavy atom. The number of piperazine rings is 1. The SMILES string of the molecule is C/C=C/C(=N\NCc1cc(Cl)ccc1OCC(C)C)NC(=O)c1ccc(CN2CCNC(=O)C2)cc1. The molecule has 9 heteroatoms. The van der Waals surface area contributed by atoms with Crippen LogP contribution in [0.1, 0.15) is 42.3 Å². The summed E-state index contributed by atoms with van der Waals surface area (Å²) in [5.74, 6) is 1.31. The van der Waals surface area contributed by atoms with Gasteiger partial charge in [0.2, 0.25) is 5.91 Å². The topological polar surface area (TPSA) is 95.1 Å². The Morgan fingerprint density at radius 2 is 2.03 bits per heavy atom. The van der Waals surface area contributed by atoms with Gasteiger partial charge in [0, 0.05) is 35.8 Å². The van der Waals surface area contributed by atoms with E-state index in [9.17, 15) is 9.59 Å². The van der Waals surface area contributed by atoms with Crippen molar-refractivity contribution in [3.8, 4) is 5.75 Å². The number of allylic oxidation sites excluding steroid dienone is 1. The predicted molar refractivity (Wildman–Crippen MR) is 143 cm³/mol. The van der Waals surface area contributed by atoms with Gasteiger partial charge in [-0.1, -0.05) is 43.7 Å². The number of nitrogens with one attached hydrogen (secondary N) is 3. The van der Waals surface area contributed by atoms with Crippen LogP contribution in [0, 0.1) is 5.92 Å². The van der Waals surface area contributed by atoms with Crippen LogP contribution >= 0.6 is 11.6 Å². The number of benzene rings is 2. The minimum absolute atomic E-state index is 0.0383. The number of rotatable bonds is 10. The molecule has 0 saturated carbocycles. The van der Waals surface area contributed by atoms with Gasteiger partial charge < -0.3 is 20.8 Å². The number of carbonyl (C=O) groups excluding carboxylic acids is 2. The van der Waals surface area contributed by atoms with Crippen LogP contribution in [0.5, 0.6) is 5.75 Å². The smallest absolute Gasteiger partial charge is 0.256 e. The normalized spacial score (nSPS) is 14.7. The van der Waals surface area contributed by atoms with E-state index in [2.05, 4.69) is 39.9 Å². The summed E-state index contributed by atoms with van der Waals surface area (Å²) >= 11 is 6.17. The van der Waals surface area contributed by atoms with Gasteiger partial charge in [-0.25, -0.2) is 0 Å². The van der Waals surface area contributed by atoms with E-state index in [1.165, 1.54) is 0 Å². The number of nitrogens with zero attached hydrogens (tertiary/aromatic N) is 2. The van der Waals surface area contributed by atoms with Gasteiger partial charge in [0.05, 0.1) is 19.7 Å². The Kier molecular flexibility index (Phi) is 10.3. The van der Waals surface area contributed by atoms with Gasteiger partial charge in [-0.15, -0.1) is 0 Å². The van der Waals surface area contributed by atoms with Crippen molar-refractivity contribution in [1.29, 1.82) is 0 Å². The molecule has 0 aliphatic carbocycles. The van der Waals surface area contributed by atoms with Crippen molar-refractivity contribution in [2.45, 2.75) is 33.9 Å². The summed E-state index contributed by atoms with van der Waals surface area (Å²) in [6.07, 6.45) is 3.52. The Hall–Kier alpha value is -3.36. The number of amidine groups is 1. The lowest BCUT2D eigenvalue weighted by Crippen LogP contribution is -2.47. The van der Waals surface area contributed by atoms with Crippen molar-refractivity contribution in [2.75, 3.05) is 26.2 Å². The second-order valence-corrected chi connectivity index (χ2v) is 9.44. The number of hydrazone groups is 1. The number of amides is 2. The molecule has 0 aromatic heterocycles. The molecule has 8 nitrogen and oxygen atoms in total. The molecule has 1 saturated heterocycles. The molecule has 36 heavy (non-hydrogen) atoms. The van der Waals surface area contributed by atoms with E-state index in [-0.39, 0.29) is 11.8 Å².